The Hall–Kier alpha value is -2.42. The SMILES string of the molecule is CCCn1c[n+](CC(=O)c2ccc(C(C)(C)C)cc2)c2ccccc21. The molecule has 3 heteroatoms. The van der Waals surface area contributed by atoms with Gasteiger partial charge >= 0.3 is 0 Å². The second-order valence-electron chi connectivity index (χ2n) is 7.68. The van der Waals surface area contributed by atoms with Crippen LogP contribution in [0.3, 0.4) is 0 Å². The molecular formula is C22H27N2O+. The van der Waals surface area contributed by atoms with Crippen LogP contribution in [-0.4, -0.2) is 10.4 Å². The number of carbonyl (C=O) groups excluding carboxylic acids is 1. The average molecular weight is 335 g/mol. The summed E-state index contributed by atoms with van der Waals surface area (Å²) in [7, 11) is 0. The van der Waals surface area contributed by atoms with Crippen LogP contribution in [0.25, 0.3) is 11.0 Å². The molecule has 0 saturated heterocycles. The number of ketones is 1. The summed E-state index contributed by atoms with van der Waals surface area (Å²) >= 11 is 0. The molecule has 0 radical (unpaired) electrons. The van der Waals surface area contributed by atoms with Crippen molar-refractivity contribution in [3.8, 4) is 0 Å². The Morgan fingerprint density at radius 3 is 2.36 bits per heavy atom. The quantitative estimate of drug-likeness (QED) is 0.497. The Kier molecular flexibility index (Phi) is 4.76. The van der Waals surface area contributed by atoms with Gasteiger partial charge in [-0.1, -0.05) is 64.1 Å². The predicted molar refractivity (Wildman–Crippen MR) is 102 cm³/mol. The maximum atomic E-state index is 12.8. The first kappa shape index (κ1) is 17.4. The summed E-state index contributed by atoms with van der Waals surface area (Å²) in [6.07, 6.45) is 3.14. The molecule has 0 aliphatic rings. The molecule has 0 atom stereocenters. The molecule has 0 saturated carbocycles. The van der Waals surface area contributed by atoms with Gasteiger partial charge in [-0.3, -0.25) is 4.79 Å². The number of aryl methyl sites for hydroxylation is 1. The second kappa shape index (κ2) is 6.83. The van der Waals surface area contributed by atoms with Gasteiger partial charge in [-0.15, -0.1) is 0 Å². The fraction of sp³-hybridized carbons (Fsp3) is 0.364. The van der Waals surface area contributed by atoms with Gasteiger partial charge in [-0.25, -0.2) is 9.13 Å². The van der Waals surface area contributed by atoms with Gasteiger partial charge in [0.25, 0.3) is 0 Å². The minimum absolute atomic E-state index is 0.101. The second-order valence-corrected chi connectivity index (χ2v) is 7.68. The number of Topliss-reactive ketones (excluding diaryl/α,β-unsaturated/α-hetero) is 1. The molecule has 1 heterocycles. The summed E-state index contributed by atoms with van der Waals surface area (Å²) in [5, 5.41) is 0. The monoisotopic (exact) mass is 335 g/mol. The third-order valence-electron chi connectivity index (χ3n) is 4.63. The number of fused-ring (bicyclic) bond motifs is 1. The van der Waals surface area contributed by atoms with E-state index in [9.17, 15) is 4.79 Å². The molecule has 3 nitrogen and oxygen atoms in total. The van der Waals surface area contributed by atoms with Gasteiger partial charge in [0.05, 0.1) is 6.54 Å². The van der Waals surface area contributed by atoms with Gasteiger partial charge in [-0.05, 0) is 29.5 Å². The Labute approximate surface area is 149 Å². The number of carbonyl (C=O) groups is 1. The van der Waals surface area contributed by atoms with Crippen molar-refractivity contribution in [3.05, 3.63) is 66.0 Å². The molecule has 0 fully saturated rings. The van der Waals surface area contributed by atoms with E-state index in [0.717, 1.165) is 24.0 Å². The largest absolute Gasteiger partial charge is 0.290 e. The molecule has 0 aliphatic heterocycles. The Morgan fingerprint density at radius 2 is 1.72 bits per heavy atom. The van der Waals surface area contributed by atoms with Crippen molar-refractivity contribution in [1.82, 2.24) is 4.57 Å². The molecule has 1 aromatic heterocycles. The van der Waals surface area contributed by atoms with Crippen molar-refractivity contribution in [2.24, 2.45) is 0 Å². The summed E-state index contributed by atoms with van der Waals surface area (Å²) < 4.78 is 4.29. The van der Waals surface area contributed by atoms with Crippen molar-refractivity contribution in [3.63, 3.8) is 0 Å². The van der Waals surface area contributed by atoms with E-state index >= 15 is 0 Å². The summed E-state index contributed by atoms with van der Waals surface area (Å²) in [4.78, 5) is 12.8. The lowest BCUT2D eigenvalue weighted by Crippen LogP contribution is -2.36. The lowest BCUT2D eigenvalue weighted by Gasteiger charge is -2.18. The van der Waals surface area contributed by atoms with Gasteiger partial charge in [0.1, 0.15) is 0 Å². The van der Waals surface area contributed by atoms with Crippen LogP contribution in [0.4, 0.5) is 0 Å². The molecule has 0 aliphatic carbocycles. The highest BCUT2D eigenvalue weighted by molar-refractivity contribution is 5.95. The molecule has 0 unspecified atom stereocenters. The van der Waals surface area contributed by atoms with Crippen LogP contribution < -0.4 is 4.57 Å². The number of rotatable bonds is 5. The molecule has 2 aromatic carbocycles. The topological polar surface area (TPSA) is 25.9 Å². The maximum absolute atomic E-state index is 12.8. The third-order valence-corrected chi connectivity index (χ3v) is 4.63. The average Bonchev–Trinajstić information content (AvgIpc) is 2.93. The normalized spacial score (nSPS) is 11.8. The molecule has 130 valence electrons. The molecule has 0 N–H and O–H groups in total. The highest BCUT2D eigenvalue weighted by Gasteiger charge is 2.19. The van der Waals surface area contributed by atoms with Crippen LogP contribution >= 0.6 is 0 Å². The fourth-order valence-corrected chi connectivity index (χ4v) is 3.19. The molecule has 0 amide bonds. The van der Waals surface area contributed by atoms with E-state index in [1.165, 1.54) is 11.1 Å². The molecule has 0 spiro atoms. The molecule has 25 heavy (non-hydrogen) atoms. The van der Waals surface area contributed by atoms with E-state index in [2.05, 4.69) is 67.4 Å². The summed E-state index contributed by atoms with van der Waals surface area (Å²) in [5.74, 6) is 0.143. The Balaban J connectivity index is 1.87. The maximum Gasteiger partial charge on any atom is 0.245 e. The smallest absolute Gasteiger partial charge is 0.245 e. The number of aromatic nitrogens is 2. The molecule has 0 bridgehead atoms. The van der Waals surface area contributed by atoms with E-state index in [1.807, 2.05) is 24.3 Å². The lowest BCUT2D eigenvalue weighted by molar-refractivity contribution is -0.658. The van der Waals surface area contributed by atoms with Gasteiger partial charge in [0, 0.05) is 5.56 Å². The van der Waals surface area contributed by atoms with Crippen molar-refractivity contribution in [1.29, 1.82) is 0 Å². The Bertz CT molecular complexity index is 883. The fourth-order valence-electron chi connectivity index (χ4n) is 3.19. The van der Waals surface area contributed by atoms with Gasteiger partial charge in [-0.2, -0.15) is 0 Å². The number of nitrogens with zero attached hydrogens (tertiary/aromatic N) is 2. The zero-order chi connectivity index (χ0) is 18.0. The predicted octanol–water partition coefficient (Wildman–Crippen LogP) is 4.52. The summed E-state index contributed by atoms with van der Waals surface area (Å²) in [6.45, 7) is 10.0. The number of imidazole rings is 1. The van der Waals surface area contributed by atoms with E-state index in [-0.39, 0.29) is 11.2 Å². The van der Waals surface area contributed by atoms with Crippen LogP contribution in [-0.2, 0) is 18.5 Å². The van der Waals surface area contributed by atoms with Gasteiger partial charge in [0.2, 0.25) is 12.1 Å². The minimum atomic E-state index is 0.101. The molecular weight excluding hydrogens is 308 g/mol. The zero-order valence-electron chi connectivity index (χ0n) is 15.6. The Morgan fingerprint density at radius 1 is 1.04 bits per heavy atom. The highest BCUT2D eigenvalue weighted by Crippen LogP contribution is 2.22. The van der Waals surface area contributed by atoms with Crippen LogP contribution in [0.5, 0.6) is 0 Å². The van der Waals surface area contributed by atoms with Crippen LogP contribution in [0.1, 0.15) is 50.0 Å². The lowest BCUT2D eigenvalue weighted by atomic mass is 9.86. The van der Waals surface area contributed by atoms with Gasteiger partial charge in [0.15, 0.2) is 17.6 Å². The number of benzene rings is 2. The molecule has 3 aromatic rings. The summed E-state index contributed by atoms with van der Waals surface area (Å²) in [6, 6.07) is 16.3. The van der Waals surface area contributed by atoms with Crippen LogP contribution in [0.15, 0.2) is 54.9 Å². The van der Waals surface area contributed by atoms with Crippen molar-refractivity contribution in [2.45, 2.75) is 52.6 Å². The number of hydrogen-bond donors (Lipinski definition) is 0. The number of hydrogen-bond acceptors (Lipinski definition) is 1. The van der Waals surface area contributed by atoms with Gasteiger partial charge < -0.3 is 0 Å². The van der Waals surface area contributed by atoms with Crippen LogP contribution in [0.2, 0.25) is 0 Å². The first-order valence-electron chi connectivity index (χ1n) is 9.01. The van der Waals surface area contributed by atoms with E-state index < -0.39 is 0 Å². The van der Waals surface area contributed by atoms with E-state index in [1.54, 1.807) is 0 Å². The first-order chi connectivity index (χ1) is 11.9. The van der Waals surface area contributed by atoms with E-state index in [0.29, 0.717) is 6.54 Å². The first-order valence-corrected chi connectivity index (χ1v) is 9.01. The minimum Gasteiger partial charge on any atom is -0.290 e. The van der Waals surface area contributed by atoms with Crippen molar-refractivity contribution >= 4 is 16.8 Å². The van der Waals surface area contributed by atoms with Crippen LogP contribution in [0, 0.1) is 0 Å². The summed E-state index contributed by atoms with van der Waals surface area (Å²) in [5.41, 5.74) is 4.41. The third kappa shape index (κ3) is 3.65. The van der Waals surface area contributed by atoms with Crippen molar-refractivity contribution < 1.29 is 9.36 Å². The standard InChI is InChI=1S/C22H27N2O/c1-5-14-23-16-24(20-9-7-6-8-19(20)23)15-21(25)17-10-12-18(13-11-17)22(2,3)4/h6-13,16H,5,14-15H2,1-4H3/q+1. The number of para-hydroxylation sites is 2. The van der Waals surface area contributed by atoms with Crippen molar-refractivity contribution in [2.75, 3.05) is 0 Å². The zero-order valence-corrected chi connectivity index (χ0v) is 15.6. The molecule has 3 rings (SSSR count). The van der Waals surface area contributed by atoms with E-state index in [4.69, 9.17) is 0 Å². The highest BCUT2D eigenvalue weighted by atomic mass is 16.1.